The quantitative estimate of drug-likeness (QED) is 0.675. The summed E-state index contributed by atoms with van der Waals surface area (Å²) in [6, 6.07) is 12.3. The Morgan fingerprint density at radius 3 is 2.43 bits per heavy atom. The van der Waals surface area contributed by atoms with Gasteiger partial charge in [0.05, 0.1) is 13.5 Å². The van der Waals surface area contributed by atoms with E-state index in [1.807, 2.05) is 6.92 Å². The number of anilines is 1. The van der Waals surface area contributed by atoms with E-state index in [4.69, 9.17) is 16.3 Å². The number of benzene rings is 2. The molecule has 0 atom stereocenters. The lowest BCUT2D eigenvalue weighted by molar-refractivity contribution is -0.117. The second-order valence-electron chi connectivity index (χ2n) is 6.37. The number of hydrogen-bond donors (Lipinski definition) is 1. The first kappa shape index (κ1) is 19.8. The molecule has 0 bridgehead atoms. The highest BCUT2D eigenvalue weighted by molar-refractivity contribution is 6.31. The molecule has 3 aromatic rings. The second kappa shape index (κ2) is 7.94. The Hall–Kier alpha value is -2.99. The minimum atomic E-state index is -1.08. The maximum atomic E-state index is 13.1. The van der Waals surface area contributed by atoms with Gasteiger partial charge in [-0.3, -0.25) is 4.79 Å². The summed E-state index contributed by atoms with van der Waals surface area (Å²) >= 11 is 6.12. The third-order valence-corrected chi connectivity index (χ3v) is 5.03. The van der Waals surface area contributed by atoms with Gasteiger partial charge in [-0.25, -0.2) is 4.79 Å². The Bertz CT molecular complexity index is 1040. The standard InChI is InChI=1S/C21H21ClN2O4/c1-4-24(14-6-8-15(28-3)9-7-14)19(25)12-17-16-11-13(22)5-10-18(16)23(2)20(17)21(26)27/h5-11H,4,12H2,1-3H3,(H,26,27). The number of carbonyl (C=O) groups excluding carboxylic acids is 1. The van der Waals surface area contributed by atoms with E-state index in [1.165, 1.54) is 0 Å². The fourth-order valence-corrected chi connectivity index (χ4v) is 3.63. The Morgan fingerprint density at radius 1 is 1.18 bits per heavy atom. The lowest BCUT2D eigenvalue weighted by Gasteiger charge is -2.21. The summed E-state index contributed by atoms with van der Waals surface area (Å²) in [5.41, 5.74) is 2.00. The summed E-state index contributed by atoms with van der Waals surface area (Å²) in [6.07, 6.45) is -0.0425. The number of methoxy groups -OCH3 is 1. The number of ether oxygens (including phenoxy) is 1. The highest BCUT2D eigenvalue weighted by atomic mass is 35.5. The largest absolute Gasteiger partial charge is 0.497 e. The number of amides is 1. The lowest BCUT2D eigenvalue weighted by atomic mass is 10.1. The second-order valence-corrected chi connectivity index (χ2v) is 6.80. The van der Waals surface area contributed by atoms with Crippen LogP contribution in [0.2, 0.25) is 5.02 Å². The number of aryl methyl sites for hydroxylation is 1. The summed E-state index contributed by atoms with van der Waals surface area (Å²) in [5, 5.41) is 10.9. The van der Waals surface area contributed by atoms with Crippen LogP contribution in [0.15, 0.2) is 42.5 Å². The predicted octanol–water partition coefficient (Wildman–Crippen LogP) is 4.13. The molecule has 0 aliphatic heterocycles. The highest BCUT2D eigenvalue weighted by Gasteiger charge is 2.25. The molecule has 3 rings (SSSR count). The zero-order valence-electron chi connectivity index (χ0n) is 15.9. The molecule has 0 radical (unpaired) electrons. The van der Waals surface area contributed by atoms with Crippen molar-refractivity contribution in [2.75, 3.05) is 18.6 Å². The van der Waals surface area contributed by atoms with Crippen LogP contribution in [0.5, 0.6) is 5.75 Å². The molecule has 7 heteroatoms. The van der Waals surface area contributed by atoms with Gasteiger partial charge in [-0.15, -0.1) is 0 Å². The van der Waals surface area contributed by atoms with Crippen molar-refractivity contribution < 1.29 is 19.4 Å². The first-order valence-electron chi connectivity index (χ1n) is 8.81. The van der Waals surface area contributed by atoms with Crippen LogP contribution in [-0.4, -0.2) is 35.2 Å². The molecule has 0 saturated carbocycles. The Morgan fingerprint density at radius 2 is 1.86 bits per heavy atom. The van der Waals surface area contributed by atoms with Gasteiger partial charge in [0, 0.05) is 40.8 Å². The minimum Gasteiger partial charge on any atom is -0.497 e. The van der Waals surface area contributed by atoms with E-state index in [0.717, 1.165) is 11.2 Å². The number of hydrogen-bond acceptors (Lipinski definition) is 3. The van der Waals surface area contributed by atoms with Gasteiger partial charge in [0.15, 0.2) is 0 Å². The van der Waals surface area contributed by atoms with Crippen LogP contribution >= 0.6 is 11.6 Å². The molecule has 0 fully saturated rings. The lowest BCUT2D eigenvalue weighted by Crippen LogP contribution is -2.32. The number of carbonyl (C=O) groups is 2. The smallest absolute Gasteiger partial charge is 0.352 e. The van der Waals surface area contributed by atoms with Crippen molar-refractivity contribution in [3.63, 3.8) is 0 Å². The summed E-state index contributed by atoms with van der Waals surface area (Å²) in [4.78, 5) is 26.6. The summed E-state index contributed by atoms with van der Waals surface area (Å²) in [6.45, 7) is 2.33. The molecule has 1 amide bonds. The number of fused-ring (bicyclic) bond motifs is 1. The van der Waals surface area contributed by atoms with E-state index in [9.17, 15) is 14.7 Å². The van der Waals surface area contributed by atoms with E-state index in [2.05, 4.69) is 0 Å². The first-order valence-corrected chi connectivity index (χ1v) is 9.19. The maximum absolute atomic E-state index is 13.1. The molecule has 0 spiro atoms. The van der Waals surface area contributed by atoms with Crippen LogP contribution < -0.4 is 9.64 Å². The van der Waals surface area contributed by atoms with Gasteiger partial charge in [0.2, 0.25) is 5.91 Å². The minimum absolute atomic E-state index is 0.0425. The SMILES string of the molecule is CCN(C(=O)Cc1c(C(=O)O)n(C)c2ccc(Cl)cc12)c1ccc(OC)cc1. The topological polar surface area (TPSA) is 71.8 Å². The molecule has 0 aliphatic carbocycles. The molecule has 1 N–H and O–H groups in total. The Balaban J connectivity index is 2.02. The van der Waals surface area contributed by atoms with Gasteiger partial charge < -0.3 is 19.3 Å². The monoisotopic (exact) mass is 400 g/mol. The van der Waals surface area contributed by atoms with Crippen LogP contribution in [0.3, 0.4) is 0 Å². The zero-order valence-corrected chi connectivity index (χ0v) is 16.7. The molecule has 28 heavy (non-hydrogen) atoms. The van der Waals surface area contributed by atoms with Crippen LogP contribution in [0, 0.1) is 0 Å². The van der Waals surface area contributed by atoms with E-state index in [0.29, 0.717) is 28.3 Å². The number of nitrogens with zero attached hydrogens (tertiary/aromatic N) is 2. The van der Waals surface area contributed by atoms with Gasteiger partial charge >= 0.3 is 5.97 Å². The zero-order chi connectivity index (χ0) is 20.4. The number of rotatable bonds is 6. The molecule has 0 aliphatic rings. The van der Waals surface area contributed by atoms with E-state index < -0.39 is 5.97 Å². The van der Waals surface area contributed by atoms with Crippen molar-refractivity contribution in [3.05, 3.63) is 58.7 Å². The molecule has 0 unspecified atom stereocenters. The van der Waals surface area contributed by atoms with E-state index in [-0.39, 0.29) is 18.0 Å². The number of carboxylic acid groups (broad SMARTS) is 1. The molecule has 0 saturated heterocycles. The third-order valence-electron chi connectivity index (χ3n) is 4.80. The van der Waals surface area contributed by atoms with Crippen molar-refractivity contribution in [1.29, 1.82) is 0 Å². The Kier molecular flexibility index (Phi) is 5.61. The van der Waals surface area contributed by atoms with Gasteiger partial charge in [-0.1, -0.05) is 11.6 Å². The summed E-state index contributed by atoms with van der Waals surface area (Å²) in [5.74, 6) is -0.572. The molecule has 6 nitrogen and oxygen atoms in total. The third kappa shape index (κ3) is 3.55. The maximum Gasteiger partial charge on any atom is 0.352 e. The highest BCUT2D eigenvalue weighted by Crippen LogP contribution is 2.30. The summed E-state index contributed by atoms with van der Waals surface area (Å²) < 4.78 is 6.74. The molecule has 1 heterocycles. The fraction of sp³-hybridized carbons (Fsp3) is 0.238. The normalized spacial score (nSPS) is 10.9. The van der Waals surface area contributed by atoms with Gasteiger partial charge in [0.1, 0.15) is 11.4 Å². The van der Waals surface area contributed by atoms with Gasteiger partial charge in [-0.05, 0) is 49.4 Å². The molecular weight excluding hydrogens is 380 g/mol. The van der Waals surface area contributed by atoms with E-state index in [1.54, 1.807) is 66.1 Å². The number of aromatic nitrogens is 1. The van der Waals surface area contributed by atoms with Crippen molar-refractivity contribution in [3.8, 4) is 5.75 Å². The van der Waals surface area contributed by atoms with Crippen molar-refractivity contribution in [2.45, 2.75) is 13.3 Å². The van der Waals surface area contributed by atoms with Crippen molar-refractivity contribution in [2.24, 2.45) is 7.05 Å². The van der Waals surface area contributed by atoms with Crippen LogP contribution in [0.1, 0.15) is 23.0 Å². The molecule has 146 valence electrons. The average Bonchev–Trinajstić information content (AvgIpc) is 2.94. The number of aromatic carboxylic acids is 1. The number of likely N-dealkylation sites (N-methyl/N-ethyl adjacent to an activating group) is 1. The van der Waals surface area contributed by atoms with Gasteiger partial charge in [-0.2, -0.15) is 0 Å². The number of halogens is 1. The van der Waals surface area contributed by atoms with Crippen LogP contribution in [-0.2, 0) is 18.3 Å². The molecular formula is C21H21ClN2O4. The van der Waals surface area contributed by atoms with Crippen molar-refractivity contribution >= 4 is 40.1 Å². The summed E-state index contributed by atoms with van der Waals surface area (Å²) in [7, 11) is 3.26. The fourth-order valence-electron chi connectivity index (χ4n) is 3.46. The van der Waals surface area contributed by atoms with E-state index >= 15 is 0 Å². The number of carboxylic acids is 1. The average molecular weight is 401 g/mol. The predicted molar refractivity (Wildman–Crippen MR) is 110 cm³/mol. The van der Waals surface area contributed by atoms with Crippen LogP contribution in [0.4, 0.5) is 5.69 Å². The van der Waals surface area contributed by atoms with Gasteiger partial charge in [0.25, 0.3) is 0 Å². The molecule has 2 aromatic carbocycles. The molecule has 1 aromatic heterocycles. The Labute approximate surface area is 167 Å². The van der Waals surface area contributed by atoms with Crippen LogP contribution in [0.25, 0.3) is 10.9 Å². The first-order chi connectivity index (χ1) is 13.4. The van der Waals surface area contributed by atoms with Crippen molar-refractivity contribution in [1.82, 2.24) is 4.57 Å².